The third kappa shape index (κ3) is 3.15. The molecule has 0 unspecified atom stereocenters. The summed E-state index contributed by atoms with van der Waals surface area (Å²) in [5, 5.41) is 3.20. The number of primary amides is 1. The lowest BCUT2D eigenvalue weighted by Gasteiger charge is -2.19. The van der Waals surface area contributed by atoms with Gasteiger partial charge in [0.2, 0.25) is 0 Å². The van der Waals surface area contributed by atoms with Gasteiger partial charge in [0.15, 0.2) is 0 Å². The number of hydrogen-bond acceptors (Lipinski definition) is 3. The first-order chi connectivity index (χ1) is 9.38. The minimum absolute atomic E-state index is 0.0217. The van der Waals surface area contributed by atoms with E-state index in [1.54, 1.807) is 18.3 Å². The molecule has 0 spiro atoms. The lowest BCUT2D eigenvalue weighted by atomic mass is 9.88. The highest BCUT2D eigenvalue weighted by Crippen LogP contribution is 2.26. The van der Waals surface area contributed by atoms with Gasteiger partial charge < -0.3 is 11.1 Å². The molecule has 0 atom stereocenters. The van der Waals surface area contributed by atoms with Gasteiger partial charge >= 0.3 is 0 Å². The maximum Gasteiger partial charge on any atom is 0.250 e. The Balaban J connectivity index is 2.34. The van der Waals surface area contributed by atoms with E-state index in [4.69, 9.17) is 5.73 Å². The number of pyridine rings is 1. The topological polar surface area (TPSA) is 68.0 Å². The molecule has 0 bridgehead atoms. The Labute approximate surface area is 119 Å². The van der Waals surface area contributed by atoms with Crippen LogP contribution in [0.4, 0.5) is 11.4 Å². The molecule has 20 heavy (non-hydrogen) atoms. The number of anilines is 2. The lowest BCUT2D eigenvalue weighted by Crippen LogP contribution is -2.14. The van der Waals surface area contributed by atoms with Crippen LogP contribution in [0.1, 0.15) is 36.7 Å². The van der Waals surface area contributed by atoms with Crippen LogP contribution in [0.2, 0.25) is 0 Å². The minimum Gasteiger partial charge on any atom is -0.366 e. The van der Waals surface area contributed by atoms with Crippen molar-refractivity contribution in [1.29, 1.82) is 0 Å². The third-order valence-corrected chi connectivity index (χ3v) is 3.08. The van der Waals surface area contributed by atoms with Crippen LogP contribution in [0.5, 0.6) is 0 Å². The zero-order valence-electron chi connectivity index (χ0n) is 12.0. The molecule has 0 aliphatic heterocycles. The third-order valence-electron chi connectivity index (χ3n) is 3.08. The number of nitrogens with one attached hydrogen (secondary N) is 1. The first-order valence-electron chi connectivity index (χ1n) is 6.49. The molecule has 104 valence electrons. The number of amides is 1. The molecule has 2 aromatic rings. The molecule has 4 heteroatoms. The number of carbonyl (C=O) groups is 1. The molecular weight excluding hydrogens is 250 g/mol. The highest BCUT2D eigenvalue weighted by Gasteiger charge is 2.15. The molecule has 0 saturated heterocycles. The SMILES string of the molecule is CC(C)(C)c1cncc(Nc2ccccc2C(N)=O)c1. The van der Waals surface area contributed by atoms with Crippen LogP contribution in [0.15, 0.2) is 42.7 Å². The van der Waals surface area contributed by atoms with Gasteiger partial charge in [0.1, 0.15) is 0 Å². The first-order valence-corrected chi connectivity index (χ1v) is 6.49. The summed E-state index contributed by atoms with van der Waals surface area (Å²) in [6, 6.07) is 9.20. The molecule has 0 saturated carbocycles. The number of para-hydroxylation sites is 1. The van der Waals surface area contributed by atoms with E-state index in [1.165, 1.54) is 0 Å². The first kappa shape index (κ1) is 14.1. The Kier molecular flexibility index (Phi) is 3.74. The van der Waals surface area contributed by atoms with Gasteiger partial charge in [-0.2, -0.15) is 0 Å². The number of aromatic nitrogens is 1. The van der Waals surface area contributed by atoms with E-state index in [2.05, 4.69) is 31.1 Å². The van der Waals surface area contributed by atoms with Crippen LogP contribution in [-0.4, -0.2) is 10.9 Å². The molecule has 0 fully saturated rings. The predicted molar refractivity (Wildman–Crippen MR) is 81.2 cm³/mol. The molecule has 0 radical (unpaired) electrons. The quantitative estimate of drug-likeness (QED) is 0.899. The van der Waals surface area contributed by atoms with Crippen LogP contribution in [0.3, 0.4) is 0 Å². The summed E-state index contributed by atoms with van der Waals surface area (Å²) >= 11 is 0. The average molecular weight is 269 g/mol. The van der Waals surface area contributed by atoms with Crippen molar-refractivity contribution in [3.8, 4) is 0 Å². The fourth-order valence-corrected chi connectivity index (χ4v) is 1.88. The standard InChI is InChI=1S/C16H19N3O/c1-16(2,3)11-8-12(10-18-9-11)19-14-7-5-4-6-13(14)15(17)20/h4-10,19H,1-3H3,(H2,17,20). The Morgan fingerprint density at radius 3 is 2.55 bits per heavy atom. The zero-order valence-corrected chi connectivity index (χ0v) is 12.0. The van der Waals surface area contributed by atoms with Gasteiger partial charge in [-0.05, 0) is 29.2 Å². The molecule has 1 aromatic heterocycles. The van der Waals surface area contributed by atoms with E-state index in [1.807, 2.05) is 24.4 Å². The maximum absolute atomic E-state index is 11.4. The van der Waals surface area contributed by atoms with Crippen molar-refractivity contribution in [3.63, 3.8) is 0 Å². The smallest absolute Gasteiger partial charge is 0.250 e. The van der Waals surface area contributed by atoms with Crippen molar-refractivity contribution in [2.24, 2.45) is 5.73 Å². The van der Waals surface area contributed by atoms with Crippen LogP contribution in [0, 0.1) is 0 Å². The molecule has 1 heterocycles. The van der Waals surface area contributed by atoms with Gasteiger partial charge in [0.05, 0.1) is 23.1 Å². The van der Waals surface area contributed by atoms with Crippen LogP contribution >= 0.6 is 0 Å². The Morgan fingerprint density at radius 2 is 1.90 bits per heavy atom. The van der Waals surface area contributed by atoms with Crippen LogP contribution < -0.4 is 11.1 Å². The summed E-state index contributed by atoms with van der Waals surface area (Å²) in [7, 11) is 0. The fraction of sp³-hybridized carbons (Fsp3) is 0.250. The molecular formula is C16H19N3O. The number of nitrogens with two attached hydrogens (primary N) is 1. The van der Waals surface area contributed by atoms with Gasteiger partial charge in [-0.1, -0.05) is 32.9 Å². The zero-order chi connectivity index (χ0) is 14.8. The monoisotopic (exact) mass is 269 g/mol. The van der Waals surface area contributed by atoms with Gasteiger partial charge in [0.25, 0.3) is 5.91 Å². The number of carbonyl (C=O) groups excluding carboxylic acids is 1. The summed E-state index contributed by atoms with van der Waals surface area (Å²) in [5.41, 5.74) is 8.51. The second kappa shape index (κ2) is 5.33. The Bertz CT molecular complexity index is 630. The largest absolute Gasteiger partial charge is 0.366 e. The van der Waals surface area contributed by atoms with E-state index >= 15 is 0 Å². The van der Waals surface area contributed by atoms with Crippen molar-refractivity contribution in [1.82, 2.24) is 4.98 Å². The van der Waals surface area contributed by atoms with Crippen molar-refractivity contribution in [2.75, 3.05) is 5.32 Å². The number of rotatable bonds is 3. The summed E-state index contributed by atoms with van der Waals surface area (Å²) in [6.45, 7) is 6.39. The number of nitrogens with zero attached hydrogens (tertiary/aromatic N) is 1. The normalized spacial score (nSPS) is 11.2. The van der Waals surface area contributed by atoms with Gasteiger partial charge in [-0.3, -0.25) is 9.78 Å². The van der Waals surface area contributed by atoms with Crippen LogP contribution in [0.25, 0.3) is 0 Å². The van der Waals surface area contributed by atoms with Crippen molar-refractivity contribution >= 4 is 17.3 Å². The van der Waals surface area contributed by atoms with Gasteiger partial charge in [-0.15, -0.1) is 0 Å². The Hall–Kier alpha value is -2.36. The van der Waals surface area contributed by atoms with Crippen molar-refractivity contribution in [3.05, 3.63) is 53.9 Å². The molecule has 0 aliphatic rings. The van der Waals surface area contributed by atoms with Crippen molar-refractivity contribution < 1.29 is 4.79 Å². The van der Waals surface area contributed by atoms with Crippen LogP contribution in [-0.2, 0) is 5.41 Å². The summed E-state index contributed by atoms with van der Waals surface area (Å²) in [6.07, 6.45) is 3.58. The van der Waals surface area contributed by atoms with Crippen molar-refractivity contribution in [2.45, 2.75) is 26.2 Å². The highest BCUT2D eigenvalue weighted by molar-refractivity contribution is 5.99. The molecule has 4 nitrogen and oxygen atoms in total. The van der Waals surface area contributed by atoms with E-state index in [9.17, 15) is 4.79 Å². The van der Waals surface area contributed by atoms with Gasteiger partial charge in [-0.25, -0.2) is 0 Å². The average Bonchev–Trinajstić information content (AvgIpc) is 2.38. The molecule has 0 aliphatic carbocycles. The second-order valence-corrected chi connectivity index (χ2v) is 5.75. The summed E-state index contributed by atoms with van der Waals surface area (Å²) in [5.74, 6) is -0.451. The molecule has 2 rings (SSSR count). The number of hydrogen-bond donors (Lipinski definition) is 2. The molecule has 3 N–H and O–H groups in total. The van der Waals surface area contributed by atoms with E-state index in [0.29, 0.717) is 11.3 Å². The highest BCUT2D eigenvalue weighted by atomic mass is 16.1. The van der Waals surface area contributed by atoms with E-state index in [0.717, 1.165) is 11.3 Å². The fourth-order valence-electron chi connectivity index (χ4n) is 1.88. The minimum atomic E-state index is -0.451. The van der Waals surface area contributed by atoms with E-state index in [-0.39, 0.29) is 5.41 Å². The maximum atomic E-state index is 11.4. The summed E-state index contributed by atoms with van der Waals surface area (Å²) in [4.78, 5) is 15.6. The Morgan fingerprint density at radius 1 is 1.20 bits per heavy atom. The predicted octanol–water partition coefficient (Wildman–Crippen LogP) is 3.22. The molecule has 1 aromatic carbocycles. The molecule has 1 amide bonds. The lowest BCUT2D eigenvalue weighted by molar-refractivity contribution is 0.100. The summed E-state index contributed by atoms with van der Waals surface area (Å²) < 4.78 is 0. The number of benzene rings is 1. The second-order valence-electron chi connectivity index (χ2n) is 5.75. The van der Waals surface area contributed by atoms with Gasteiger partial charge in [0, 0.05) is 6.20 Å². The van der Waals surface area contributed by atoms with E-state index < -0.39 is 5.91 Å².